The summed E-state index contributed by atoms with van der Waals surface area (Å²) in [6.07, 6.45) is 0. The Labute approximate surface area is 146 Å². The predicted octanol–water partition coefficient (Wildman–Crippen LogP) is 2.61. The van der Waals surface area contributed by atoms with Crippen LogP contribution in [0.25, 0.3) is 0 Å². The number of hydrogen-bond donors (Lipinski definition) is 2. The lowest BCUT2D eigenvalue weighted by atomic mass is 10.1. The van der Waals surface area contributed by atoms with Gasteiger partial charge in [0.25, 0.3) is 10.0 Å². The van der Waals surface area contributed by atoms with Crippen molar-refractivity contribution in [1.29, 1.82) is 0 Å². The fourth-order valence-corrected chi connectivity index (χ4v) is 3.73. The number of nitrogens with zero attached hydrogens (tertiary/aromatic N) is 1. The Morgan fingerprint density at radius 3 is 2.46 bits per heavy atom. The van der Waals surface area contributed by atoms with Crippen molar-refractivity contribution in [2.24, 2.45) is 5.73 Å². The van der Waals surface area contributed by atoms with E-state index >= 15 is 0 Å². The topological polar surface area (TPSA) is 92.5 Å². The second-order valence-corrected chi connectivity index (χ2v) is 7.57. The number of amides is 1. The summed E-state index contributed by atoms with van der Waals surface area (Å²) < 4.78 is 27.8. The van der Waals surface area contributed by atoms with Crippen LogP contribution in [0.5, 0.6) is 0 Å². The summed E-state index contributed by atoms with van der Waals surface area (Å²) in [5.41, 5.74) is 6.95. The van der Waals surface area contributed by atoms with Crippen LogP contribution in [0.1, 0.15) is 15.9 Å². The van der Waals surface area contributed by atoms with Gasteiger partial charge < -0.3 is 10.6 Å². The van der Waals surface area contributed by atoms with Crippen LogP contribution in [0.3, 0.4) is 0 Å². The average molecular weight is 368 g/mol. The minimum absolute atomic E-state index is 0.0495. The molecule has 2 aromatic rings. The molecule has 3 N–H and O–H groups in total. The lowest BCUT2D eigenvalue weighted by Gasteiger charge is -2.20. The third-order valence-electron chi connectivity index (χ3n) is 3.46. The van der Waals surface area contributed by atoms with Crippen LogP contribution >= 0.6 is 11.6 Å². The number of aryl methyl sites for hydroxylation is 1. The number of sulfonamides is 1. The SMILES string of the molecule is Cc1ccc(S(=O)(=O)Nc2cccc(Cl)c2N(C)C)cc1C(N)=O. The molecule has 2 rings (SSSR count). The molecule has 8 heteroatoms. The average Bonchev–Trinajstić information content (AvgIpc) is 2.46. The molecule has 0 saturated carbocycles. The summed E-state index contributed by atoms with van der Waals surface area (Å²) in [5.74, 6) is -0.679. The first-order valence-corrected chi connectivity index (χ1v) is 8.88. The Hall–Kier alpha value is -2.25. The quantitative estimate of drug-likeness (QED) is 0.849. The van der Waals surface area contributed by atoms with E-state index in [9.17, 15) is 13.2 Å². The van der Waals surface area contributed by atoms with Gasteiger partial charge >= 0.3 is 0 Å². The van der Waals surface area contributed by atoms with Crippen molar-refractivity contribution >= 4 is 38.9 Å². The number of primary amides is 1. The zero-order valence-corrected chi connectivity index (χ0v) is 15.1. The Morgan fingerprint density at radius 2 is 1.88 bits per heavy atom. The van der Waals surface area contributed by atoms with E-state index in [4.69, 9.17) is 17.3 Å². The van der Waals surface area contributed by atoms with Gasteiger partial charge in [-0.3, -0.25) is 9.52 Å². The van der Waals surface area contributed by atoms with E-state index in [2.05, 4.69) is 4.72 Å². The maximum absolute atomic E-state index is 12.6. The van der Waals surface area contributed by atoms with Crippen molar-refractivity contribution in [3.63, 3.8) is 0 Å². The number of anilines is 2. The summed E-state index contributed by atoms with van der Waals surface area (Å²) in [7, 11) is -0.382. The van der Waals surface area contributed by atoms with E-state index < -0.39 is 15.9 Å². The van der Waals surface area contributed by atoms with Crippen LogP contribution < -0.4 is 15.4 Å². The van der Waals surface area contributed by atoms with E-state index in [1.165, 1.54) is 12.1 Å². The Bertz CT molecular complexity index is 895. The molecule has 0 aliphatic rings. The first-order chi connectivity index (χ1) is 11.1. The lowest BCUT2D eigenvalue weighted by Crippen LogP contribution is -2.19. The summed E-state index contributed by atoms with van der Waals surface area (Å²) in [6, 6.07) is 9.16. The van der Waals surface area contributed by atoms with Crippen LogP contribution in [0.2, 0.25) is 5.02 Å². The van der Waals surface area contributed by atoms with Gasteiger partial charge in [0.1, 0.15) is 0 Å². The monoisotopic (exact) mass is 367 g/mol. The predicted molar refractivity (Wildman–Crippen MR) is 96.3 cm³/mol. The molecule has 128 valence electrons. The zero-order valence-electron chi connectivity index (χ0n) is 13.5. The highest BCUT2D eigenvalue weighted by Crippen LogP contribution is 2.34. The van der Waals surface area contributed by atoms with E-state index in [1.807, 2.05) is 0 Å². The molecule has 0 aliphatic carbocycles. The fraction of sp³-hybridized carbons (Fsp3) is 0.188. The number of carbonyl (C=O) groups excluding carboxylic acids is 1. The van der Waals surface area contributed by atoms with Gasteiger partial charge in [-0.05, 0) is 36.8 Å². The summed E-state index contributed by atoms with van der Waals surface area (Å²) in [5, 5.41) is 0.418. The molecular weight excluding hydrogens is 350 g/mol. The second-order valence-electron chi connectivity index (χ2n) is 5.48. The summed E-state index contributed by atoms with van der Waals surface area (Å²) >= 11 is 6.15. The second kappa shape index (κ2) is 6.70. The van der Waals surface area contributed by atoms with Crippen molar-refractivity contribution < 1.29 is 13.2 Å². The standard InChI is InChI=1S/C16H18ClN3O3S/c1-10-7-8-11(9-12(10)16(18)21)24(22,23)19-14-6-4-5-13(17)15(14)20(2)3/h4-9,19H,1-3H3,(H2,18,21). The Morgan fingerprint density at radius 1 is 1.21 bits per heavy atom. The van der Waals surface area contributed by atoms with Gasteiger partial charge in [-0.15, -0.1) is 0 Å². The first kappa shape index (κ1) is 18.1. The van der Waals surface area contributed by atoms with Crippen LogP contribution in [-0.2, 0) is 10.0 Å². The highest BCUT2D eigenvalue weighted by molar-refractivity contribution is 7.92. The van der Waals surface area contributed by atoms with Gasteiger partial charge in [0.15, 0.2) is 0 Å². The number of nitrogens with one attached hydrogen (secondary N) is 1. The molecule has 6 nitrogen and oxygen atoms in total. The third-order valence-corrected chi connectivity index (χ3v) is 5.13. The molecule has 0 bridgehead atoms. The minimum atomic E-state index is -3.90. The van der Waals surface area contributed by atoms with Crippen LogP contribution in [0.15, 0.2) is 41.3 Å². The van der Waals surface area contributed by atoms with Gasteiger partial charge in [-0.2, -0.15) is 0 Å². The van der Waals surface area contributed by atoms with Crippen molar-refractivity contribution in [2.45, 2.75) is 11.8 Å². The number of benzene rings is 2. The number of rotatable bonds is 5. The molecule has 0 aromatic heterocycles. The highest BCUT2D eigenvalue weighted by Gasteiger charge is 2.20. The maximum Gasteiger partial charge on any atom is 0.261 e. The number of para-hydroxylation sites is 1. The van der Waals surface area contributed by atoms with Crippen LogP contribution in [-0.4, -0.2) is 28.4 Å². The van der Waals surface area contributed by atoms with Crippen molar-refractivity contribution in [3.8, 4) is 0 Å². The Balaban J connectivity index is 2.49. The first-order valence-electron chi connectivity index (χ1n) is 7.02. The molecule has 24 heavy (non-hydrogen) atoms. The molecule has 0 radical (unpaired) electrons. The van der Waals surface area contributed by atoms with Gasteiger partial charge in [0, 0.05) is 19.7 Å². The summed E-state index contributed by atoms with van der Waals surface area (Å²) in [4.78, 5) is 13.1. The molecule has 0 saturated heterocycles. The number of halogens is 1. The Kier molecular flexibility index (Phi) is 5.05. The molecule has 0 fully saturated rings. The van der Waals surface area contributed by atoms with Crippen LogP contribution in [0.4, 0.5) is 11.4 Å². The molecule has 0 unspecified atom stereocenters. The smallest absolute Gasteiger partial charge is 0.261 e. The summed E-state index contributed by atoms with van der Waals surface area (Å²) in [6.45, 7) is 1.69. The highest BCUT2D eigenvalue weighted by atomic mass is 35.5. The normalized spacial score (nSPS) is 11.2. The van der Waals surface area contributed by atoms with Crippen molar-refractivity contribution in [3.05, 3.63) is 52.5 Å². The molecule has 0 heterocycles. The largest absolute Gasteiger partial charge is 0.375 e. The minimum Gasteiger partial charge on any atom is -0.375 e. The molecule has 1 amide bonds. The molecule has 2 aromatic carbocycles. The number of hydrogen-bond acceptors (Lipinski definition) is 4. The maximum atomic E-state index is 12.6. The number of carbonyl (C=O) groups is 1. The molecule has 0 spiro atoms. The van der Waals surface area contributed by atoms with E-state index in [0.29, 0.717) is 22.0 Å². The van der Waals surface area contributed by atoms with E-state index in [1.54, 1.807) is 50.2 Å². The molecule has 0 atom stereocenters. The lowest BCUT2D eigenvalue weighted by molar-refractivity contribution is 0.0999. The van der Waals surface area contributed by atoms with Gasteiger partial charge in [0.05, 0.1) is 21.3 Å². The van der Waals surface area contributed by atoms with E-state index in [0.717, 1.165) is 0 Å². The van der Waals surface area contributed by atoms with Crippen molar-refractivity contribution in [2.75, 3.05) is 23.7 Å². The van der Waals surface area contributed by atoms with E-state index in [-0.39, 0.29) is 10.5 Å². The van der Waals surface area contributed by atoms with Gasteiger partial charge in [0.2, 0.25) is 5.91 Å². The molecular formula is C16H18ClN3O3S. The third kappa shape index (κ3) is 3.63. The van der Waals surface area contributed by atoms with Gasteiger partial charge in [-0.1, -0.05) is 23.7 Å². The van der Waals surface area contributed by atoms with Gasteiger partial charge in [-0.25, -0.2) is 8.42 Å². The zero-order chi connectivity index (χ0) is 18.1. The number of nitrogens with two attached hydrogens (primary N) is 1. The van der Waals surface area contributed by atoms with Crippen molar-refractivity contribution in [1.82, 2.24) is 0 Å². The van der Waals surface area contributed by atoms with Crippen LogP contribution in [0, 0.1) is 6.92 Å². The fourth-order valence-electron chi connectivity index (χ4n) is 2.29. The molecule has 0 aliphatic heterocycles.